The fourth-order valence-electron chi connectivity index (χ4n) is 4.73. The van der Waals surface area contributed by atoms with E-state index in [0.717, 1.165) is 44.7 Å². The number of rotatable bonds is 5. The van der Waals surface area contributed by atoms with Crippen LogP contribution in [0, 0.1) is 11.8 Å². The first-order chi connectivity index (χ1) is 13.0. The molecule has 2 heterocycles. The number of carbonyl (C=O) groups excluding carboxylic acids is 3. The fraction of sp³-hybridized carbons (Fsp3) is 0.857. The molecule has 3 amide bonds. The second-order valence-corrected chi connectivity index (χ2v) is 8.70. The van der Waals surface area contributed by atoms with Crippen molar-refractivity contribution in [3.8, 4) is 0 Å². The minimum atomic E-state index is -0.259. The molecule has 0 radical (unpaired) electrons. The first-order valence-corrected chi connectivity index (χ1v) is 10.9. The number of nitrogens with one attached hydrogen (secondary N) is 1. The van der Waals surface area contributed by atoms with E-state index in [4.69, 9.17) is 0 Å². The molecular weight excluding hydrogens is 342 g/mol. The van der Waals surface area contributed by atoms with Crippen LogP contribution < -0.4 is 5.32 Å². The van der Waals surface area contributed by atoms with Crippen LogP contribution in [0.4, 0.5) is 0 Å². The number of likely N-dealkylation sites (tertiary alicyclic amines) is 2. The van der Waals surface area contributed by atoms with Crippen molar-refractivity contribution >= 4 is 17.7 Å². The molecule has 1 N–H and O–H groups in total. The van der Waals surface area contributed by atoms with E-state index in [1.165, 1.54) is 25.7 Å². The van der Waals surface area contributed by atoms with Crippen LogP contribution >= 0.6 is 0 Å². The van der Waals surface area contributed by atoms with Crippen LogP contribution in [0.5, 0.6) is 0 Å². The van der Waals surface area contributed by atoms with Gasteiger partial charge < -0.3 is 15.1 Å². The Bertz CT molecular complexity index is 535. The van der Waals surface area contributed by atoms with Crippen LogP contribution in [0.15, 0.2) is 0 Å². The van der Waals surface area contributed by atoms with Gasteiger partial charge in [0.2, 0.25) is 17.7 Å². The largest absolute Gasteiger partial charge is 0.355 e. The lowest BCUT2D eigenvalue weighted by atomic mass is 9.87. The van der Waals surface area contributed by atoms with Gasteiger partial charge in [-0.2, -0.15) is 0 Å². The molecule has 0 aromatic heterocycles. The van der Waals surface area contributed by atoms with Crippen LogP contribution in [0.2, 0.25) is 0 Å². The molecule has 2 aliphatic heterocycles. The molecule has 2 saturated heterocycles. The normalized spacial score (nSPS) is 29.5. The molecule has 1 atom stereocenters. The van der Waals surface area contributed by atoms with E-state index in [-0.39, 0.29) is 23.6 Å². The van der Waals surface area contributed by atoms with Gasteiger partial charge in [-0.15, -0.1) is 0 Å². The van der Waals surface area contributed by atoms with Crippen LogP contribution in [-0.4, -0.2) is 59.7 Å². The van der Waals surface area contributed by atoms with Crippen molar-refractivity contribution in [2.75, 3.05) is 26.2 Å². The molecule has 0 aromatic carbocycles. The lowest BCUT2D eigenvalue weighted by Crippen LogP contribution is -2.40. The Kier molecular flexibility index (Phi) is 7.13. The Morgan fingerprint density at radius 2 is 1.70 bits per heavy atom. The summed E-state index contributed by atoms with van der Waals surface area (Å²) in [5.41, 5.74) is 0. The highest BCUT2D eigenvalue weighted by Gasteiger charge is 2.38. The third-order valence-corrected chi connectivity index (χ3v) is 6.55. The molecule has 6 nitrogen and oxygen atoms in total. The summed E-state index contributed by atoms with van der Waals surface area (Å²) in [7, 11) is 0. The monoisotopic (exact) mass is 377 g/mol. The highest BCUT2D eigenvalue weighted by Crippen LogP contribution is 2.31. The van der Waals surface area contributed by atoms with E-state index in [2.05, 4.69) is 12.2 Å². The van der Waals surface area contributed by atoms with Crippen LogP contribution in [0.1, 0.15) is 71.1 Å². The third-order valence-electron chi connectivity index (χ3n) is 6.55. The number of hydrogen-bond donors (Lipinski definition) is 1. The van der Waals surface area contributed by atoms with Gasteiger partial charge in [0.15, 0.2) is 0 Å². The highest BCUT2D eigenvalue weighted by atomic mass is 16.2. The summed E-state index contributed by atoms with van der Waals surface area (Å²) in [6.45, 7) is 4.88. The summed E-state index contributed by atoms with van der Waals surface area (Å²) in [4.78, 5) is 41.0. The molecule has 27 heavy (non-hydrogen) atoms. The number of nitrogens with zero attached hydrogens (tertiary/aromatic N) is 2. The Morgan fingerprint density at radius 3 is 2.37 bits per heavy atom. The second-order valence-electron chi connectivity index (χ2n) is 8.70. The number of hydrogen-bond acceptors (Lipinski definition) is 3. The number of carbonyl (C=O) groups is 3. The Morgan fingerprint density at radius 1 is 1.04 bits per heavy atom. The van der Waals surface area contributed by atoms with Crippen molar-refractivity contribution in [3.63, 3.8) is 0 Å². The Balaban J connectivity index is 1.39. The molecule has 1 unspecified atom stereocenters. The molecule has 1 saturated carbocycles. The topological polar surface area (TPSA) is 69.7 Å². The average molecular weight is 378 g/mol. The minimum absolute atomic E-state index is 0.0707. The van der Waals surface area contributed by atoms with E-state index >= 15 is 0 Å². The van der Waals surface area contributed by atoms with Crippen molar-refractivity contribution < 1.29 is 14.4 Å². The molecule has 0 spiro atoms. The zero-order chi connectivity index (χ0) is 19.2. The van der Waals surface area contributed by atoms with Crippen molar-refractivity contribution in [1.29, 1.82) is 0 Å². The van der Waals surface area contributed by atoms with Gasteiger partial charge in [0.25, 0.3) is 0 Å². The van der Waals surface area contributed by atoms with Crippen molar-refractivity contribution in [3.05, 3.63) is 0 Å². The maximum atomic E-state index is 12.5. The van der Waals surface area contributed by atoms with E-state index in [9.17, 15) is 14.4 Å². The van der Waals surface area contributed by atoms with Crippen LogP contribution in [0.25, 0.3) is 0 Å². The predicted octanol–water partition coefficient (Wildman–Crippen LogP) is 2.32. The van der Waals surface area contributed by atoms with E-state index < -0.39 is 0 Å². The zero-order valence-corrected chi connectivity index (χ0v) is 16.8. The molecule has 3 aliphatic rings. The fourth-order valence-corrected chi connectivity index (χ4v) is 4.73. The van der Waals surface area contributed by atoms with Gasteiger partial charge in [-0.3, -0.25) is 14.4 Å². The maximum absolute atomic E-state index is 12.5. The van der Waals surface area contributed by atoms with Gasteiger partial charge in [-0.05, 0) is 44.4 Å². The lowest BCUT2D eigenvalue weighted by Gasteiger charge is -2.33. The second kappa shape index (κ2) is 9.56. The third kappa shape index (κ3) is 5.45. The summed E-state index contributed by atoms with van der Waals surface area (Å²) >= 11 is 0. The minimum Gasteiger partial charge on any atom is -0.355 e. The molecule has 3 rings (SSSR count). The lowest BCUT2D eigenvalue weighted by molar-refractivity contribution is -0.132. The first-order valence-electron chi connectivity index (χ1n) is 10.9. The SMILES string of the molecule is CC1CCC(N2CC(C(=O)NCCC(=O)N3CCCCCC3)CC2=O)CC1. The zero-order valence-electron chi connectivity index (χ0n) is 16.8. The maximum Gasteiger partial charge on any atom is 0.225 e. The van der Waals surface area contributed by atoms with Gasteiger partial charge in [0, 0.05) is 45.1 Å². The standard InChI is InChI=1S/C21H35N3O3/c1-16-6-8-18(9-7-16)24-15-17(14-20(24)26)21(27)22-11-10-19(25)23-12-4-2-3-5-13-23/h16-18H,2-15H2,1H3,(H,22,27). The molecule has 3 fully saturated rings. The van der Waals surface area contributed by atoms with E-state index in [1.54, 1.807) is 0 Å². The molecule has 1 aliphatic carbocycles. The van der Waals surface area contributed by atoms with E-state index in [1.807, 2.05) is 9.80 Å². The Hall–Kier alpha value is -1.59. The average Bonchev–Trinajstić information content (AvgIpc) is 2.87. The summed E-state index contributed by atoms with van der Waals surface area (Å²) in [6.07, 6.45) is 9.70. The van der Waals surface area contributed by atoms with Gasteiger partial charge in [-0.1, -0.05) is 19.8 Å². The van der Waals surface area contributed by atoms with Crippen LogP contribution in [0.3, 0.4) is 0 Å². The van der Waals surface area contributed by atoms with E-state index in [0.29, 0.717) is 32.0 Å². The van der Waals surface area contributed by atoms with Gasteiger partial charge in [-0.25, -0.2) is 0 Å². The van der Waals surface area contributed by atoms with Gasteiger partial charge >= 0.3 is 0 Å². The van der Waals surface area contributed by atoms with Crippen LogP contribution in [-0.2, 0) is 14.4 Å². The van der Waals surface area contributed by atoms with Crippen molar-refractivity contribution in [1.82, 2.24) is 15.1 Å². The van der Waals surface area contributed by atoms with Gasteiger partial charge in [0.1, 0.15) is 0 Å². The van der Waals surface area contributed by atoms with Crippen molar-refractivity contribution in [2.24, 2.45) is 11.8 Å². The smallest absolute Gasteiger partial charge is 0.225 e. The Labute approximate surface area is 163 Å². The molecule has 0 aromatic rings. The first kappa shape index (κ1) is 20.2. The predicted molar refractivity (Wildman–Crippen MR) is 104 cm³/mol. The summed E-state index contributed by atoms with van der Waals surface area (Å²) < 4.78 is 0. The summed E-state index contributed by atoms with van der Waals surface area (Å²) in [5, 5.41) is 2.90. The summed E-state index contributed by atoms with van der Waals surface area (Å²) in [6, 6.07) is 0.316. The molecule has 6 heteroatoms. The molecule has 152 valence electrons. The van der Waals surface area contributed by atoms with Crippen molar-refractivity contribution in [2.45, 2.75) is 77.2 Å². The highest BCUT2D eigenvalue weighted by molar-refractivity contribution is 5.89. The molecule has 0 bridgehead atoms. The van der Waals surface area contributed by atoms with Gasteiger partial charge in [0.05, 0.1) is 5.92 Å². The molecular formula is C21H35N3O3. The quantitative estimate of drug-likeness (QED) is 0.799. The summed E-state index contributed by atoms with van der Waals surface area (Å²) in [5.74, 6) is 0.677. The number of amides is 3.